The molecule has 0 aliphatic heterocycles. The molecule has 0 heterocycles. The van der Waals surface area contributed by atoms with Crippen molar-refractivity contribution in [1.29, 1.82) is 0 Å². The number of unbranched alkanes of at least 4 members (excludes halogenated alkanes) is 11. The highest BCUT2D eigenvalue weighted by Crippen LogP contribution is 2.10. The molecule has 0 spiro atoms. The van der Waals surface area contributed by atoms with Crippen molar-refractivity contribution < 1.29 is 40.2 Å². The minimum atomic E-state index is -1.59. The quantitative estimate of drug-likeness (QED) is 0.0993. The topological polar surface area (TPSA) is 148 Å². The van der Waals surface area contributed by atoms with E-state index in [2.05, 4.69) is 19.1 Å². The van der Waals surface area contributed by atoms with Crippen LogP contribution in [0.1, 0.15) is 104 Å². The van der Waals surface area contributed by atoms with Crippen molar-refractivity contribution in [3.8, 4) is 0 Å². The molecule has 204 valence electrons. The molecule has 0 fully saturated rings. The number of hydrogen-bond donors (Lipinski definition) is 6. The molecule has 8 heteroatoms. The van der Waals surface area contributed by atoms with Gasteiger partial charge in [-0.25, -0.2) is 0 Å². The summed E-state index contributed by atoms with van der Waals surface area (Å²) < 4.78 is 4.81. The third-order valence-corrected chi connectivity index (χ3v) is 5.47. The molecule has 0 amide bonds. The number of aliphatic hydroxyl groups excluding tert-OH is 5. The molecule has 0 aliphatic rings. The molecule has 6 N–H and O–H groups in total. The van der Waals surface area contributed by atoms with Crippen molar-refractivity contribution in [1.82, 2.24) is 0 Å². The van der Waals surface area contributed by atoms with Gasteiger partial charge in [-0.1, -0.05) is 70.4 Å². The Bertz CT molecular complexity index is 458. The van der Waals surface area contributed by atoms with E-state index in [0.717, 1.165) is 12.8 Å². The van der Waals surface area contributed by atoms with Crippen LogP contribution in [0, 0.1) is 0 Å². The molecule has 0 radical (unpaired) electrons. The molecule has 0 saturated carbocycles. The Morgan fingerprint density at radius 3 is 1.68 bits per heavy atom. The van der Waals surface area contributed by atoms with Crippen LogP contribution in [0.15, 0.2) is 12.2 Å². The number of hydrogen-bond acceptors (Lipinski definition) is 7. The van der Waals surface area contributed by atoms with Gasteiger partial charge in [-0.15, -0.1) is 0 Å². The Labute approximate surface area is 206 Å². The summed E-state index contributed by atoms with van der Waals surface area (Å²) in [5, 5.41) is 53.6. The van der Waals surface area contributed by atoms with Gasteiger partial charge in [-0.2, -0.15) is 0 Å². The summed E-state index contributed by atoms with van der Waals surface area (Å²) in [6, 6.07) is 0. The first-order valence-corrected chi connectivity index (χ1v) is 13.1. The second kappa shape index (κ2) is 26.6. The molecule has 34 heavy (non-hydrogen) atoms. The van der Waals surface area contributed by atoms with Crippen LogP contribution in [-0.4, -0.2) is 80.8 Å². The van der Waals surface area contributed by atoms with Gasteiger partial charge in [0.1, 0.15) is 24.4 Å². The van der Waals surface area contributed by atoms with E-state index in [9.17, 15) is 20.1 Å². The standard InChI is InChI=1S/C18H34O2.C8H18O6/c1-2-3-4-5-6-7-8-9-10-11-12-13-14-15-16-17-18(19)20;1-2-14-4-6(11)8(13)7(12)5(10)3-9/h9-10H,2-8,11-17H2,1H3,(H,19,20);5-13H,2-4H2,1H3/b10-9-;. The number of aliphatic carboxylic acids is 1. The third-order valence-electron chi connectivity index (χ3n) is 5.47. The zero-order chi connectivity index (χ0) is 26.0. The maximum absolute atomic E-state index is 10.3. The Hall–Kier alpha value is -1.03. The van der Waals surface area contributed by atoms with Crippen molar-refractivity contribution in [3.63, 3.8) is 0 Å². The van der Waals surface area contributed by atoms with Crippen LogP contribution < -0.4 is 0 Å². The Morgan fingerprint density at radius 1 is 0.735 bits per heavy atom. The summed E-state index contributed by atoms with van der Waals surface area (Å²) in [5.74, 6) is -0.664. The van der Waals surface area contributed by atoms with Gasteiger partial charge in [0.05, 0.1) is 13.2 Å². The fraction of sp³-hybridized carbons (Fsp3) is 0.885. The lowest BCUT2D eigenvalue weighted by molar-refractivity contribution is -0.137. The number of carbonyl (C=O) groups is 1. The summed E-state index contributed by atoms with van der Waals surface area (Å²) in [4.78, 5) is 10.3. The second-order valence-corrected chi connectivity index (χ2v) is 8.69. The first kappa shape index (κ1) is 35.1. The van der Waals surface area contributed by atoms with Crippen molar-refractivity contribution >= 4 is 5.97 Å². The van der Waals surface area contributed by atoms with Crippen LogP contribution in [0.3, 0.4) is 0 Å². The first-order valence-electron chi connectivity index (χ1n) is 13.1. The summed E-state index contributed by atoms with van der Waals surface area (Å²) >= 11 is 0. The molecular weight excluding hydrogens is 440 g/mol. The van der Waals surface area contributed by atoms with E-state index >= 15 is 0 Å². The Balaban J connectivity index is 0. The van der Waals surface area contributed by atoms with Gasteiger partial charge in [0.25, 0.3) is 0 Å². The van der Waals surface area contributed by atoms with E-state index in [1.54, 1.807) is 6.92 Å². The molecule has 4 unspecified atom stereocenters. The summed E-state index contributed by atoms with van der Waals surface area (Å²) in [7, 11) is 0. The van der Waals surface area contributed by atoms with Crippen LogP contribution >= 0.6 is 0 Å². The zero-order valence-corrected chi connectivity index (χ0v) is 21.5. The number of carboxylic acids is 1. The predicted molar refractivity (Wildman–Crippen MR) is 135 cm³/mol. The molecule has 0 rings (SSSR count). The van der Waals surface area contributed by atoms with Crippen molar-refractivity contribution in [2.24, 2.45) is 0 Å². The van der Waals surface area contributed by atoms with Crippen LogP contribution in [0.25, 0.3) is 0 Å². The number of allylic oxidation sites excluding steroid dienone is 2. The highest BCUT2D eigenvalue weighted by atomic mass is 16.5. The van der Waals surface area contributed by atoms with Crippen LogP contribution in [-0.2, 0) is 9.53 Å². The molecule has 8 nitrogen and oxygen atoms in total. The molecular formula is C26H52O8. The molecule has 4 atom stereocenters. The number of carboxylic acid groups (broad SMARTS) is 1. The lowest BCUT2D eigenvalue weighted by atomic mass is 10.0. The molecule has 0 aromatic rings. The third kappa shape index (κ3) is 24.1. The van der Waals surface area contributed by atoms with Gasteiger partial charge in [0.2, 0.25) is 0 Å². The molecule has 0 aromatic carbocycles. The van der Waals surface area contributed by atoms with Gasteiger partial charge in [0, 0.05) is 13.0 Å². The highest BCUT2D eigenvalue weighted by Gasteiger charge is 2.29. The van der Waals surface area contributed by atoms with E-state index in [-0.39, 0.29) is 6.61 Å². The molecule has 0 saturated heterocycles. The lowest BCUT2D eigenvalue weighted by Gasteiger charge is -2.25. The zero-order valence-electron chi connectivity index (χ0n) is 21.5. The summed E-state index contributed by atoms with van der Waals surface area (Å²) in [5.41, 5.74) is 0. The van der Waals surface area contributed by atoms with Crippen LogP contribution in [0.4, 0.5) is 0 Å². The van der Waals surface area contributed by atoms with Crippen LogP contribution in [0.5, 0.6) is 0 Å². The van der Waals surface area contributed by atoms with Crippen molar-refractivity contribution in [2.45, 2.75) is 128 Å². The molecule has 0 aliphatic carbocycles. The molecule has 0 aromatic heterocycles. The normalized spacial score (nSPS) is 14.9. The van der Waals surface area contributed by atoms with Gasteiger partial charge in [-0.3, -0.25) is 4.79 Å². The van der Waals surface area contributed by atoms with E-state index < -0.39 is 37.0 Å². The second-order valence-electron chi connectivity index (χ2n) is 8.69. The monoisotopic (exact) mass is 492 g/mol. The molecule has 0 bridgehead atoms. The first-order chi connectivity index (χ1) is 16.3. The number of rotatable bonds is 22. The van der Waals surface area contributed by atoms with Gasteiger partial charge < -0.3 is 35.4 Å². The highest BCUT2D eigenvalue weighted by molar-refractivity contribution is 5.66. The fourth-order valence-electron chi connectivity index (χ4n) is 3.25. The Morgan fingerprint density at radius 2 is 1.21 bits per heavy atom. The summed E-state index contributed by atoms with van der Waals surface area (Å²) in [6.07, 6.45) is 15.4. The Kier molecular flexibility index (Phi) is 27.5. The maximum atomic E-state index is 10.3. The SMILES string of the molecule is CCCCCCCC/C=C\CCCCCCCC(=O)O.CCOCC(O)C(O)C(O)C(O)CO. The van der Waals surface area contributed by atoms with E-state index in [0.29, 0.717) is 13.0 Å². The maximum Gasteiger partial charge on any atom is 0.303 e. The van der Waals surface area contributed by atoms with Crippen molar-refractivity contribution in [3.05, 3.63) is 12.2 Å². The van der Waals surface area contributed by atoms with Gasteiger partial charge >= 0.3 is 5.97 Å². The van der Waals surface area contributed by atoms with Gasteiger partial charge in [0.15, 0.2) is 0 Å². The average molecular weight is 493 g/mol. The smallest absolute Gasteiger partial charge is 0.303 e. The van der Waals surface area contributed by atoms with E-state index in [1.807, 2.05) is 0 Å². The summed E-state index contributed by atoms with van der Waals surface area (Å²) in [6.45, 7) is 3.54. The largest absolute Gasteiger partial charge is 0.481 e. The fourth-order valence-corrected chi connectivity index (χ4v) is 3.25. The van der Waals surface area contributed by atoms with Crippen LogP contribution in [0.2, 0.25) is 0 Å². The predicted octanol–water partition coefficient (Wildman–Crippen LogP) is 3.57. The minimum absolute atomic E-state index is 0.132. The van der Waals surface area contributed by atoms with E-state index in [4.69, 9.17) is 20.1 Å². The average Bonchev–Trinajstić information content (AvgIpc) is 2.83. The number of ether oxygens (including phenoxy) is 1. The van der Waals surface area contributed by atoms with Gasteiger partial charge in [-0.05, 0) is 39.0 Å². The van der Waals surface area contributed by atoms with E-state index in [1.165, 1.54) is 70.6 Å². The number of aliphatic hydroxyl groups is 5. The lowest BCUT2D eigenvalue weighted by Crippen LogP contribution is -2.47. The minimum Gasteiger partial charge on any atom is -0.481 e. The van der Waals surface area contributed by atoms with Crippen molar-refractivity contribution in [2.75, 3.05) is 19.8 Å².